The fraction of sp³-hybridized carbons (Fsp3) is 0.222. The molecule has 0 aliphatic carbocycles. The summed E-state index contributed by atoms with van der Waals surface area (Å²) in [5, 5.41) is 0.804. The molecule has 0 saturated carbocycles. The van der Waals surface area contributed by atoms with Crippen LogP contribution in [-0.4, -0.2) is 20.6 Å². The van der Waals surface area contributed by atoms with Crippen molar-refractivity contribution in [3.8, 4) is 0 Å². The smallest absolute Gasteiger partial charge is 0.240 e. The fourth-order valence-corrected chi connectivity index (χ4v) is 1.47. The highest BCUT2D eigenvalue weighted by Gasteiger charge is 2.09. The molecule has 0 aliphatic heterocycles. The van der Waals surface area contributed by atoms with Gasteiger partial charge in [-0.3, -0.25) is 0 Å². The van der Waals surface area contributed by atoms with Gasteiger partial charge in [0.15, 0.2) is 0 Å². The van der Waals surface area contributed by atoms with Crippen molar-refractivity contribution in [3.05, 3.63) is 18.2 Å². The van der Waals surface area contributed by atoms with Crippen LogP contribution in [0.15, 0.2) is 17.5 Å². The van der Waals surface area contributed by atoms with Crippen molar-refractivity contribution >= 4 is 22.8 Å². The molecule has 2 rings (SSSR count). The summed E-state index contributed by atoms with van der Waals surface area (Å²) in [6, 6.07) is 0. The van der Waals surface area contributed by atoms with Gasteiger partial charge >= 0.3 is 0 Å². The SMILES string of the molecule is Cc1ncnc2c1c(N=C=O)cn2C. The minimum Gasteiger partial charge on any atom is -0.333 e. The number of hydrogen-bond acceptors (Lipinski definition) is 4. The molecule has 5 nitrogen and oxygen atoms in total. The van der Waals surface area contributed by atoms with Gasteiger partial charge in [-0.25, -0.2) is 14.8 Å². The predicted octanol–water partition coefficient (Wildman–Crippen LogP) is 1.24. The first-order valence-corrected chi connectivity index (χ1v) is 4.08. The van der Waals surface area contributed by atoms with Crippen LogP contribution in [0.25, 0.3) is 11.0 Å². The third-order valence-electron chi connectivity index (χ3n) is 2.09. The van der Waals surface area contributed by atoms with E-state index in [-0.39, 0.29) is 0 Å². The van der Waals surface area contributed by atoms with Crippen molar-refractivity contribution in [2.75, 3.05) is 0 Å². The number of aryl methyl sites for hydroxylation is 2. The van der Waals surface area contributed by atoms with Crippen LogP contribution in [0.3, 0.4) is 0 Å². The van der Waals surface area contributed by atoms with E-state index in [9.17, 15) is 4.79 Å². The van der Waals surface area contributed by atoms with Crippen molar-refractivity contribution < 1.29 is 4.79 Å². The molecule has 0 aliphatic rings. The minimum absolute atomic E-state index is 0.565. The summed E-state index contributed by atoms with van der Waals surface area (Å²) in [5.74, 6) is 0. The summed E-state index contributed by atoms with van der Waals surface area (Å²) >= 11 is 0. The van der Waals surface area contributed by atoms with Crippen LogP contribution in [0.5, 0.6) is 0 Å². The van der Waals surface area contributed by atoms with E-state index in [0.29, 0.717) is 5.69 Å². The molecule has 0 unspecified atom stereocenters. The van der Waals surface area contributed by atoms with Gasteiger partial charge in [0.2, 0.25) is 6.08 Å². The number of hydrogen-bond donors (Lipinski definition) is 0. The van der Waals surface area contributed by atoms with E-state index in [1.54, 1.807) is 10.8 Å². The fourth-order valence-electron chi connectivity index (χ4n) is 1.47. The van der Waals surface area contributed by atoms with Crippen LogP contribution in [0.2, 0.25) is 0 Å². The molecular formula is C9H8N4O. The Balaban J connectivity index is 2.92. The average Bonchev–Trinajstić information content (AvgIpc) is 2.46. The van der Waals surface area contributed by atoms with Gasteiger partial charge in [-0.05, 0) is 6.92 Å². The van der Waals surface area contributed by atoms with Crippen LogP contribution in [-0.2, 0) is 11.8 Å². The van der Waals surface area contributed by atoms with E-state index < -0.39 is 0 Å². The molecule has 0 saturated heterocycles. The van der Waals surface area contributed by atoms with Crippen molar-refractivity contribution in [1.29, 1.82) is 0 Å². The monoisotopic (exact) mass is 188 g/mol. The Bertz CT molecular complexity index is 537. The maximum absolute atomic E-state index is 10.2. The van der Waals surface area contributed by atoms with Gasteiger partial charge in [0.05, 0.1) is 11.1 Å². The molecule has 0 bridgehead atoms. The van der Waals surface area contributed by atoms with E-state index >= 15 is 0 Å². The van der Waals surface area contributed by atoms with E-state index in [2.05, 4.69) is 15.0 Å². The molecule has 0 atom stereocenters. The second kappa shape index (κ2) is 3.05. The Labute approximate surface area is 80.1 Å². The third-order valence-corrected chi connectivity index (χ3v) is 2.09. The van der Waals surface area contributed by atoms with Crippen molar-refractivity contribution in [3.63, 3.8) is 0 Å². The third kappa shape index (κ3) is 1.11. The molecule has 0 fully saturated rings. The average molecular weight is 188 g/mol. The van der Waals surface area contributed by atoms with Crippen molar-refractivity contribution in [2.24, 2.45) is 12.0 Å². The Hall–Kier alpha value is -2.00. The summed E-state index contributed by atoms with van der Waals surface area (Å²) in [4.78, 5) is 22.0. The standard InChI is InChI=1S/C9H8N4O/c1-6-8-7(12-5-14)3-13(2)9(8)11-4-10-6/h3-4H,1-2H3. The van der Waals surface area contributed by atoms with E-state index in [1.807, 2.05) is 14.0 Å². The Morgan fingerprint density at radius 2 is 2.29 bits per heavy atom. The van der Waals surface area contributed by atoms with Gasteiger partial charge in [-0.15, -0.1) is 0 Å². The van der Waals surface area contributed by atoms with Gasteiger partial charge < -0.3 is 4.57 Å². The molecule has 70 valence electrons. The Morgan fingerprint density at radius 3 is 3.00 bits per heavy atom. The summed E-state index contributed by atoms with van der Waals surface area (Å²) in [6.45, 7) is 1.85. The maximum Gasteiger partial charge on any atom is 0.240 e. The normalized spacial score (nSPS) is 10.1. The molecule has 0 spiro atoms. The van der Waals surface area contributed by atoms with Gasteiger partial charge in [0.1, 0.15) is 17.7 Å². The first kappa shape index (κ1) is 8.59. The Morgan fingerprint density at radius 1 is 1.50 bits per heavy atom. The number of fused-ring (bicyclic) bond motifs is 1. The van der Waals surface area contributed by atoms with Gasteiger partial charge in [0, 0.05) is 13.2 Å². The van der Waals surface area contributed by atoms with E-state index in [0.717, 1.165) is 16.7 Å². The molecule has 0 aromatic carbocycles. The highest BCUT2D eigenvalue weighted by molar-refractivity contribution is 5.91. The quantitative estimate of drug-likeness (QED) is 0.499. The number of aromatic nitrogens is 3. The van der Waals surface area contributed by atoms with E-state index in [4.69, 9.17) is 0 Å². The number of aliphatic imine (C=N–C) groups is 1. The van der Waals surface area contributed by atoms with Gasteiger partial charge in [0.25, 0.3) is 0 Å². The van der Waals surface area contributed by atoms with E-state index in [1.165, 1.54) is 12.4 Å². The first-order valence-electron chi connectivity index (χ1n) is 4.08. The van der Waals surface area contributed by atoms with Crippen LogP contribution >= 0.6 is 0 Å². The highest BCUT2D eigenvalue weighted by atomic mass is 16.1. The van der Waals surface area contributed by atoms with Gasteiger partial charge in [-0.2, -0.15) is 4.99 Å². The van der Waals surface area contributed by atoms with Crippen LogP contribution in [0, 0.1) is 6.92 Å². The Kier molecular flexibility index (Phi) is 1.87. The molecule has 5 heteroatoms. The molecule has 2 aromatic heterocycles. The molecule has 0 N–H and O–H groups in total. The molecular weight excluding hydrogens is 180 g/mol. The minimum atomic E-state index is 0.565. The summed E-state index contributed by atoms with van der Waals surface area (Å²) in [7, 11) is 1.85. The first-order chi connectivity index (χ1) is 6.74. The highest BCUT2D eigenvalue weighted by Crippen LogP contribution is 2.27. The molecule has 14 heavy (non-hydrogen) atoms. The number of carbonyl (C=O) groups excluding carboxylic acids is 1. The lowest BCUT2D eigenvalue weighted by Gasteiger charge is -1.95. The van der Waals surface area contributed by atoms with Crippen molar-refractivity contribution in [1.82, 2.24) is 14.5 Å². The number of isocyanates is 1. The maximum atomic E-state index is 10.2. The zero-order valence-electron chi connectivity index (χ0n) is 7.85. The van der Waals surface area contributed by atoms with Crippen LogP contribution < -0.4 is 0 Å². The van der Waals surface area contributed by atoms with Gasteiger partial charge in [-0.1, -0.05) is 0 Å². The topological polar surface area (TPSA) is 60.1 Å². The molecule has 2 aromatic rings. The molecule has 2 heterocycles. The number of rotatable bonds is 1. The predicted molar refractivity (Wildman–Crippen MR) is 51.0 cm³/mol. The van der Waals surface area contributed by atoms with Crippen LogP contribution in [0.1, 0.15) is 5.69 Å². The van der Waals surface area contributed by atoms with Crippen LogP contribution in [0.4, 0.5) is 5.69 Å². The number of nitrogens with zero attached hydrogens (tertiary/aromatic N) is 4. The summed E-state index contributed by atoms with van der Waals surface area (Å²) in [5.41, 5.74) is 2.15. The largest absolute Gasteiger partial charge is 0.333 e. The zero-order valence-corrected chi connectivity index (χ0v) is 7.85. The lowest BCUT2D eigenvalue weighted by molar-refractivity contribution is 0.565. The second-order valence-corrected chi connectivity index (χ2v) is 2.99. The summed E-state index contributed by atoms with van der Waals surface area (Å²) < 4.78 is 1.81. The lowest BCUT2D eigenvalue weighted by atomic mass is 10.3. The lowest BCUT2D eigenvalue weighted by Crippen LogP contribution is -1.90. The zero-order chi connectivity index (χ0) is 10.1. The summed E-state index contributed by atoms with van der Waals surface area (Å²) in [6.07, 6.45) is 4.75. The second-order valence-electron chi connectivity index (χ2n) is 2.99. The molecule has 0 amide bonds. The molecule has 0 radical (unpaired) electrons. The van der Waals surface area contributed by atoms with Crippen molar-refractivity contribution in [2.45, 2.75) is 6.92 Å².